The Morgan fingerprint density at radius 1 is 1.50 bits per heavy atom. The Labute approximate surface area is 140 Å². The van der Waals surface area contributed by atoms with Gasteiger partial charge < -0.3 is 19.5 Å². The molecular formula is C18H21NO3. The van der Waals surface area contributed by atoms with Crippen LogP contribution in [0.1, 0.15) is 25.8 Å². The first kappa shape index (κ1) is 7.84. The van der Waals surface area contributed by atoms with Gasteiger partial charge in [0.2, 0.25) is 1.43 Å². The number of likely N-dealkylation sites (tertiary alicyclic amines) is 1. The summed E-state index contributed by atoms with van der Waals surface area (Å²) >= 11 is 0. The monoisotopic (exact) mass is 306 g/mol. The highest BCUT2D eigenvalue weighted by molar-refractivity contribution is 5.62. The SMILES string of the molecule is [2H]OC1C=C[C@H]2[C@H]3Cc4ccc(OC([2H])([2H])[2H])c5c4[C@@]2(CCN3C([2H])([2H])[2H])C1O5. The molecule has 4 aliphatic rings. The fraction of sp³-hybridized carbons (Fsp3) is 0.556. The maximum Gasteiger partial charge on any atom is 0.211 e. The molecule has 0 saturated carbocycles. The predicted octanol–water partition coefficient (Wildman–Crippen LogP) is 1.50. The quantitative estimate of drug-likeness (QED) is 0.841. The molecule has 1 aromatic carbocycles. The first-order valence-electron chi connectivity index (χ1n) is 11.1. The molecule has 0 aromatic heterocycles. The van der Waals surface area contributed by atoms with Crippen LogP contribution in [-0.2, 0) is 11.8 Å². The molecule has 4 nitrogen and oxygen atoms in total. The van der Waals surface area contributed by atoms with Gasteiger partial charge >= 0.3 is 0 Å². The van der Waals surface area contributed by atoms with Gasteiger partial charge in [0, 0.05) is 27.1 Å². The molecule has 116 valence electrons. The Balaban J connectivity index is 1.70. The summed E-state index contributed by atoms with van der Waals surface area (Å²) in [5.41, 5.74) is 1.26. The lowest BCUT2D eigenvalue weighted by Gasteiger charge is -2.56. The third-order valence-electron chi connectivity index (χ3n) is 5.95. The number of aliphatic hydroxyl groups excluding tert-OH is 1. The molecule has 1 spiro atoms. The zero-order valence-corrected chi connectivity index (χ0v) is 11.9. The average Bonchev–Trinajstić information content (AvgIpc) is 2.95. The summed E-state index contributed by atoms with van der Waals surface area (Å²) in [7, 11) is -2.62. The van der Waals surface area contributed by atoms with Crippen molar-refractivity contribution in [2.24, 2.45) is 5.92 Å². The Morgan fingerprint density at radius 3 is 3.36 bits per heavy atom. The number of likely N-dealkylation sites (N-methyl/N-ethyl adjacent to an activating group) is 1. The Kier molecular flexibility index (Phi) is 1.45. The maximum absolute atomic E-state index is 7.98. The van der Waals surface area contributed by atoms with Crippen LogP contribution < -0.4 is 9.47 Å². The van der Waals surface area contributed by atoms with Gasteiger partial charge in [-0.05, 0) is 38.0 Å². The van der Waals surface area contributed by atoms with Gasteiger partial charge in [0.15, 0.2) is 11.5 Å². The van der Waals surface area contributed by atoms with Gasteiger partial charge in [-0.25, -0.2) is 0 Å². The second-order valence-electron chi connectivity index (χ2n) is 6.70. The topological polar surface area (TPSA) is 41.9 Å². The maximum atomic E-state index is 7.98. The largest absolute Gasteiger partial charge is 0.493 e. The lowest BCUT2D eigenvalue weighted by molar-refractivity contribution is -0.0453. The van der Waals surface area contributed by atoms with E-state index in [0.717, 1.165) is 11.1 Å². The number of hydrogen-bond donors (Lipinski definition) is 1. The first-order chi connectivity index (χ1) is 13.6. The molecule has 2 aliphatic carbocycles. The van der Waals surface area contributed by atoms with Gasteiger partial charge in [-0.3, -0.25) is 0 Å². The normalized spacial score (nSPS) is 46.8. The van der Waals surface area contributed by atoms with E-state index in [1.54, 1.807) is 17.0 Å². The van der Waals surface area contributed by atoms with Crippen molar-refractivity contribution in [1.82, 2.24) is 4.90 Å². The smallest absolute Gasteiger partial charge is 0.211 e. The molecule has 1 aromatic rings. The Hall–Kier alpha value is -1.52. The number of methoxy groups -OCH3 is 1. The van der Waals surface area contributed by atoms with E-state index in [1.807, 2.05) is 12.1 Å². The van der Waals surface area contributed by atoms with E-state index in [0.29, 0.717) is 25.1 Å². The summed E-state index contributed by atoms with van der Waals surface area (Å²) in [5.74, 6) is 0.400. The molecule has 22 heavy (non-hydrogen) atoms. The lowest BCUT2D eigenvalue weighted by atomic mass is 9.53. The van der Waals surface area contributed by atoms with Gasteiger partial charge in [-0.15, -0.1) is 0 Å². The molecule has 0 amide bonds. The number of ether oxygens (including phenoxy) is 2. The van der Waals surface area contributed by atoms with Crippen molar-refractivity contribution in [2.75, 3.05) is 20.6 Å². The lowest BCUT2D eigenvalue weighted by Crippen LogP contribution is -2.64. The summed E-state index contributed by atoms with van der Waals surface area (Å²) in [6.45, 7) is -1.85. The van der Waals surface area contributed by atoms with E-state index in [1.165, 1.54) is 0 Å². The van der Waals surface area contributed by atoms with E-state index in [4.69, 9.17) is 24.2 Å². The van der Waals surface area contributed by atoms with Crippen LogP contribution in [0.2, 0.25) is 0 Å². The minimum absolute atomic E-state index is 0.134. The number of benzene rings is 1. The van der Waals surface area contributed by atoms with Crippen LogP contribution in [0.15, 0.2) is 24.3 Å². The van der Waals surface area contributed by atoms with Crippen LogP contribution in [0, 0.1) is 5.92 Å². The number of aliphatic hydroxyl groups is 1. The summed E-state index contributed by atoms with van der Waals surface area (Å²) in [6.07, 6.45) is 3.58. The second kappa shape index (κ2) is 4.06. The van der Waals surface area contributed by atoms with E-state index in [2.05, 4.69) is 0 Å². The number of hydrogen-bond acceptors (Lipinski definition) is 4. The highest BCUT2D eigenvalue weighted by Crippen LogP contribution is 2.62. The first-order valence-corrected chi connectivity index (χ1v) is 7.65. The molecular weight excluding hydrogens is 278 g/mol. The van der Waals surface area contributed by atoms with Crippen molar-refractivity contribution < 1.29 is 22.8 Å². The van der Waals surface area contributed by atoms with E-state index in [-0.39, 0.29) is 17.7 Å². The number of piperidine rings is 1. The van der Waals surface area contributed by atoms with Crippen LogP contribution in [-0.4, -0.2) is 50.2 Å². The molecule has 1 saturated heterocycles. The van der Waals surface area contributed by atoms with Crippen LogP contribution in [0.3, 0.4) is 0 Å². The minimum Gasteiger partial charge on any atom is -0.493 e. The molecule has 5 rings (SSSR count). The van der Waals surface area contributed by atoms with E-state index in [9.17, 15) is 0 Å². The van der Waals surface area contributed by atoms with Gasteiger partial charge in [-0.1, -0.05) is 18.2 Å². The fourth-order valence-corrected chi connectivity index (χ4v) is 5.11. The Bertz CT molecular complexity index is 883. The second-order valence-corrected chi connectivity index (χ2v) is 6.70. The van der Waals surface area contributed by atoms with Crippen molar-refractivity contribution in [3.63, 3.8) is 0 Å². The number of rotatable bonds is 2. The molecule has 2 bridgehead atoms. The molecule has 5 atom stereocenters. The van der Waals surface area contributed by atoms with Gasteiger partial charge in [0.05, 0.1) is 11.2 Å². The summed E-state index contributed by atoms with van der Waals surface area (Å²) in [4.78, 5) is 1.58. The molecule has 0 radical (unpaired) electrons. The molecule has 2 unspecified atom stereocenters. The molecule has 4 heteroatoms. The zero-order valence-electron chi connectivity index (χ0n) is 18.9. The zero-order chi connectivity index (χ0) is 20.8. The molecule has 1 N–H and O–H groups in total. The van der Waals surface area contributed by atoms with Gasteiger partial charge in [-0.2, -0.15) is 0 Å². The van der Waals surface area contributed by atoms with Crippen molar-refractivity contribution >= 4 is 0 Å². The molecule has 1 fully saturated rings. The average molecular weight is 306 g/mol. The number of nitrogens with zero attached hydrogens (tertiary/aromatic N) is 1. The standard InChI is InChI=1S/C18H21NO3/c1-19-8-7-18-11-4-5-13(20)17(18)22-16-14(21-2)6-3-10(15(16)18)9-12(11)19/h3-6,11-13,17,20H,7-9H2,1-2H3/t11-,12+,13?,17?,18-/m0/s1/i1D3,2D3,20D. The van der Waals surface area contributed by atoms with Crippen LogP contribution in [0.5, 0.6) is 11.5 Å². The molecule has 2 heterocycles. The highest BCUT2D eigenvalue weighted by Gasteiger charge is 2.64. The van der Waals surface area contributed by atoms with E-state index >= 15 is 0 Å². The van der Waals surface area contributed by atoms with Crippen LogP contribution in [0.4, 0.5) is 0 Å². The summed E-state index contributed by atoms with van der Waals surface area (Å²) in [6, 6.07) is 3.15. The minimum atomic E-state index is -2.62. The highest BCUT2D eigenvalue weighted by atomic mass is 16.5. The van der Waals surface area contributed by atoms with E-state index < -0.39 is 31.6 Å². The van der Waals surface area contributed by atoms with Crippen molar-refractivity contribution in [2.45, 2.75) is 36.5 Å². The van der Waals surface area contributed by atoms with Gasteiger partial charge in [0.25, 0.3) is 0 Å². The molecule has 2 aliphatic heterocycles. The van der Waals surface area contributed by atoms with Crippen LogP contribution in [0.25, 0.3) is 0 Å². The van der Waals surface area contributed by atoms with Gasteiger partial charge in [0.1, 0.15) is 12.2 Å². The third kappa shape index (κ3) is 1.28. The summed E-state index contributed by atoms with van der Waals surface area (Å²) in [5, 5.41) is 4.93. The predicted molar refractivity (Wildman–Crippen MR) is 82.5 cm³/mol. The van der Waals surface area contributed by atoms with Crippen molar-refractivity contribution in [3.05, 3.63) is 35.4 Å². The third-order valence-corrected chi connectivity index (χ3v) is 5.95. The fourth-order valence-electron chi connectivity index (χ4n) is 5.11. The van der Waals surface area contributed by atoms with Crippen molar-refractivity contribution in [1.29, 1.82) is 1.43 Å². The summed E-state index contributed by atoms with van der Waals surface area (Å²) < 4.78 is 65.3. The Morgan fingerprint density at radius 2 is 2.50 bits per heavy atom. The van der Waals surface area contributed by atoms with Crippen LogP contribution >= 0.6 is 0 Å². The van der Waals surface area contributed by atoms with Crippen molar-refractivity contribution in [3.8, 4) is 11.5 Å².